The topological polar surface area (TPSA) is 26.3 Å². The number of allylic oxidation sites excluding steroid dienone is 2. The van der Waals surface area contributed by atoms with Crippen molar-refractivity contribution in [3.8, 4) is 0 Å². The number of rotatable bonds is 15. The van der Waals surface area contributed by atoms with Crippen LogP contribution in [0.15, 0.2) is 12.2 Å². The van der Waals surface area contributed by atoms with Gasteiger partial charge in [-0.1, -0.05) is 77.4 Å². The first-order chi connectivity index (χ1) is 10.7. The van der Waals surface area contributed by atoms with Gasteiger partial charge in [-0.25, -0.2) is 0 Å². The Kier molecular flexibility index (Phi) is 16.0. The van der Waals surface area contributed by atoms with Gasteiger partial charge in [0.05, 0.1) is 7.11 Å². The fraction of sp³-hybridized carbons (Fsp3) is 0.850. The molecule has 0 rings (SSSR count). The number of methoxy groups -OCH3 is 1. The molecule has 0 aliphatic rings. The molecule has 0 aliphatic carbocycles. The molecule has 0 saturated heterocycles. The van der Waals surface area contributed by atoms with Crippen LogP contribution in [-0.4, -0.2) is 13.1 Å². The Hall–Kier alpha value is -0.790. The average molecular weight is 311 g/mol. The molecule has 2 heteroatoms. The fourth-order valence-corrected chi connectivity index (χ4v) is 2.65. The van der Waals surface area contributed by atoms with E-state index in [-0.39, 0.29) is 5.97 Å². The van der Waals surface area contributed by atoms with Crippen LogP contribution in [-0.2, 0) is 9.53 Å². The van der Waals surface area contributed by atoms with Crippen molar-refractivity contribution in [2.75, 3.05) is 7.11 Å². The van der Waals surface area contributed by atoms with E-state index in [1.807, 2.05) is 0 Å². The van der Waals surface area contributed by atoms with Gasteiger partial charge < -0.3 is 4.74 Å². The molecule has 0 heterocycles. The molecule has 130 valence electrons. The SMILES string of the molecule is CCCCCCC(C)C/C=C\CCCCCCCC(=O)OC. The Labute approximate surface area is 138 Å². The Balaban J connectivity index is 3.28. The van der Waals surface area contributed by atoms with Crippen molar-refractivity contribution in [2.24, 2.45) is 5.92 Å². The normalized spacial score (nSPS) is 12.7. The highest BCUT2D eigenvalue weighted by molar-refractivity contribution is 5.68. The molecule has 1 atom stereocenters. The lowest BCUT2D eigenvalue weighted by Crippen LogP contribution is -1.99. The molecule has 0 bridgehead atoms. The van der Waals surface area contributed by atoms with E-state index in [2.05, 4.69) is 30.7 Å². The van der Waals surface area contributed by atoms with Crippen LogP contribution < -0.4 is 0 Å². The number of carbonyl (C=O) groups excluding carboxylic acids is 1. The Bertz CT molecular complexity index is 271. The summed E-state index contributed by atoms with van der Waals surface area (Å²) in [5.74, 6) is 0.762. The fourth-order valence-electron chi connectivity index (χ4n) is 2.65. The van der Waals surface area contributed by atoms with Gasteiger partial charge in [-0.15, -0.1) is 0 Å². The lowest BCUT2D eigenvalue weighted by atomic mass is 9.99. The summed E-state index contributed by atoms with van der Waals surface area (Å²) in [6.45, 7) is 4.64. The first kappa shape index (κ1) is 21.2. The van der Waals surface area contributed by atoms with Crippen LogP contribution in [0.4, 0.5) is 0 Å². The van der Waals surface area contributed by atoms with Crippen LogP contribution in [0.1, 0.15) is 97.3 Å². The number of hydrogen-bond donors (Lipinski definition) is 0. The molecule has 0 aromatic carbocycles. The van der Waals surface area contributed by atoms with Gasteiger partial charge in [0.2, 0.25) is 0 Å². The van der Waals surface area contributed by atoms with Crippen molar-refractivity contribution < 1.29 is 9.53 Å². The summed E-state index contributed by atoms with van der Waals surface area (Å²) in [5.41, 5.74) is 0. The van der Waals surface area contributed by atoms with Crippen molar-refractivity contribution in [2.45, 2.75) is 97.3 Å². The van der Waals surface area contributed by atoms with Gasteiger partial charge in [-0.3, -0.25) is 4.79 Å². The number of carbonyl (C=O) groups is 1. The summed E-state index contributed by atoms with van der Waals surface area (Å²) in [6, 6.07) is 0. The van der Waals surface area contributed by atoms with E-state index >= 15 is 0 Å². The summed E-state index contributed by atoms with van der Waals surface area (Å²) in [4.78, 5) is 10.9. The van der Waals surface area contributed by atoms with E-state index < -0.39 is 0 Å². The van der Waals surface area contributed by atoms with Crippen LogP contribution in [0.2, 0.25) is 0 Å². The molecule has 0 amide bonds. The zero-order chi connectivity index (χ0) is 16.5. The molecular weight excluding hydrogens is 272 g/mol. The maximum Gasteiger partial charge on any atom is 0.305 e. The minimum Gasteiger partial charge on any atom is -0.469 e. The molecule has 22 heavy (non-hydrogen) atoms. The largest absolute Gasteiger partial charge is 0.469 e. The second kappa shape index (κ2) is 16.6. The molecule has 2 nitrogen and oxygen atoms in total. The zero-order valence-corrected chi connectivity index (χ0v) is 15.2. The summed E-state index contributed by atoms with van der Waals surface area (Å²) in [5, 5.41) is 0. The molecular formula is C20H38O2. The molecule has 0 aliphatic heterocycles. The van der Waals surface area contributed by atoms with E-state index in [9.17, 15) is 4.79 Å². The number of ether oxygens (including phenoxy) is 1. The van der Waals surface area contributed by atoms with Crippen molar-refractivity contribution in [3.05, 3.63) is 12.2 Å². The van der Waals surface area contributed by atoms with Crippen LogP contribution in [0.3, 0.4) is 0 Å². The van der Waals surface area contributed by atoms with Gasteiger partial charge in [0.1, 0.15) is 0 Å². The molecule has 0 aromatic rings. The standard InChI is InChI=1S/C20H38O2/c1-4-5-6-13-16-19(2)17-14-11-9-7-8-10-12-15-18-20(21)22-3/h11,14,19H,4-10,12-13,15-18H2,1-3H3/b14-11-. The molecule has 0 fully saturated rings. The monoisotopic (exact) mass is 310 g/mol. The Morgan fingerprint density at radius 2 is 1.64 bits per heavy atom. The van der Waals surface area contributed by atoms with E-state index in [1.165, 1.54) is 71.3 Å². The van der Waals surface area contributed by atoms with Crippen LogP contribution in [0, 0.1) is 5.92 Å². The maximum atomic E-state index is 10.9. The van der Waals surface area contributed by atoms with Gasteiger partial charge in [-0.05, 0) is 31.6 Å². The van der Waals surface area contributed by atoms with Gasteiger partial charge in [-0.2, -0.15) is 0 Å². The third-order valence-electron chi connectivity index (χ3n) is 4.23. The third-order valence-corrected chi connectivity index (χ3v) is 4.23. The summed E-state index contributed by atoms with van der Waals surface area (Å²) >= 11 is 0. The van der Waals surface area contributed by atoms with Gasteiger partial charge in [0, 0.05) is 6.42 Å². The van der Waals surface area contributed by atoms with Crippen molar-refractivity contribution in [1.29, 1.82) is 0 Å². The first-order valence-electron chi connectivity index (χ1n) is 9.42. The predicted molar refractivity (Wildman–Crippen MR) is 96.0 cm³/mol. The van der Waals surface area contributed by atoms with Crippen molar-refractivity contribution in [3.63, 3.8) is 0 Å². The predicted octanol–water partition coefficient (Wildman–Crippen LogP) is 6.44. The van der Waals surface area contributed by atoms with Crippen molar-refractivity contribution >= 4 is 5.97 Å². The molecule has 0 radical (unpaired) electrons. The van der Waals surface area contributed by atoms with E-state index in [1.54, 1.807) is 0 Å². The first-order valence-corrected chi connectivity index (χ1v) is 9.42. The Morgan fingerprint density at radius 1 is 0.955 bits per heavy atom. The minimum atomic E-state index is -0.0771. The average Bonchev–Trinajstić information content (AvgIpc) is 2.53. The highest BCUT2D eigenvalue weighted by atomic mass is 16.5. The molecule has 0 spiro atoms. The number of hydrogen-bond acceptors (Lipinski definition) is 2. The molecule has 0 aromatic heterocycles. The summed E-state index contributed by atoms with van der Waals surface area (Å²) in [6.07, 6.45) is 20.6. The van der Waals surface area contributed by atoms with E-state index in [0.29, 0.717) is 6.42 Å². The van der Waals surface area contributed by atoms with Crippen molar-refractivity contribution in [1.82, 2.24) is 0 Å². The second-order valence-corrected chi connectivity index (χ2v) is 6.54. The van der Waals surface area contributed by atoms with Crippen LogP contribution >= 0.6 is 0 Å². The summed E-state index contributed by atoms with van der Waals surface area (Å²) < 4.78 is 4.63. The van der Waals surface area contributed by atoms with Crippen LogP contribution in [0.5, 0.6) is 0 Å². The third kappa shape index (κ3) is 15.6. The highest BCUT2D eigenvalue weighted by Crippen LogP contribution is 2.15. The maximum absolute atomic E-state index is 10.9. The zero-order valence-electron chi connectivity index (χ0n) is 15.2. The quantitative estimate of drug-likeness (QED) is 0.197. The Morgan fingerprint density at radius 3 is 2.36 bits per heavy atom. The summed E-state index contributed by atoms with van der Waals surface area (Å²) in [7, 11) is 1.46. The molecule has 0 N–H and O–H groups in total. The van der Waals surface area contributed by atoms with Gasteiger partial charge >= 0.3 is 5.97 Å². The van der Waals surface area contributed by atoms with Crippen LogP contribution in [0.25, 0.3) is 0 Å². The number of unbranched alkanes of at least 4 members (excludes halogenated alkanes) is 8. The molecule has 1 unspecified atom stereocenters. The van der Waals surface area contributed by atoms with E-state index in [0.717, 1.165) is 18.8 Å². The highest BCUT2D eigenvalue weighted by Gasteiger charge is 2.00. The van der Waals surface area contributed by atoms with E-state index in [4.69, 9.17) is 0 Å². The lowest BCUT2D eigenvalue weighted by Gasteiger charge is -2.07. The number of esters is 1. The molecule has 0 saturated carbocycles. The smallest absolute Gasteiger partial charge is 0.305 e. The van der Waals surface area contributed by atoms with Gasteiger partial charge in [0.25, 0.3) is 0 Å². The minimum absolute atomic E-state index is 0.0771. The van der Waals surface area contributed by atoms with Gasteiger partial charge in [0.15, 0.2) is 0 Å². The second-order valence-electron chi connectivity index (χ2n) is 6.54. The lowest BCUT2D eigenvalue weighted by molar-refractivity contribution is -0.140.